The molecule has 0 fully saturated rings. The highest BCUT2D eigenvalue weighted by molar-refractivity contribution is 5.54. The minimum absolute atomic E-state index is 0.694. The average Bonchev–Trinajstić information content (AvgIpc) is 2.40. The summed E-state index contributed by atoms with van der Waals surface area (Å²) in [5.74, 6) is -0.694. The molecule has 0 N–H and O–H groups in total. The van der Waals surface area contributed by atoms with Crippen LogP contribution in [0, 0.1) is 0 Å². The molecule has 3 heteroatoms. The van der Waals surface area contributed by atoms with Crippen molar-refractivity contribution in [1.29, 1.82) is 0 Å². The molecule has 1 aromatic carbocycles. The summed E-state index contributed by atoms with van der Waals surface area (Å²) in [6.45, 7) is 5.91. The first kappa shape index (κ1) is 15.9. The van der Waals surface area contributed by atoms with Gasteiger partial charge in [0.1, 0.15) is 0 Å². The molecule has 0 aliphatic rings. The first-order valence-electron chi connectivity index (χ1n) is 5.92. The molecule has 0 aliphatic heterocycles. The third-order valence-corrected chi connectivity index (χ3v) is 2.65. The van der Waals surface area contributed by atoms with Crippen LogP contribution in [0.25, 0.3) is 0 Å². The Bertz CT molecular complexity index is 320. The van der Waals surface area contributed by atoms with Crippen molar-refractivity contribution in [2.24, 2.45) is 0 Å². The molecule has 0 saturated carbocycles. The lowest BCUT2D eigenvalue weighted by molar-refractivity contribution is -0.201. The Balaban J connectivity index is 0.00000121. The van der Waals surface area contributed by atoms with Crippen molar-refractivity contribution < 1.29 is 9.47 Å². The van der Waals surface area contributed by atoms with Crippen molar-refractivity contribution in [3.05, 3.63) is 29.8 Å². The van der Waals surface area contributed by atoms with Gasteiger partial charge in [-0.25, -0.2) is 0 Å². The summed E-state index contributed by atoms with van der Waals surface area (Å²) >= 11 is 0. The number of methoxy groups -OCH3 is 2. The molecule has 3 nitrogen and oxygen atoms in total. The largest absolute Gasteiger partial charge is 0.377 e. The molecular weight excluding hydrogens is 214 g/mol. The number of ether oxygens (including phenoxy) is 2. The van der Waals surface area contributed by atoms with Gasteiger partial charge >= 0.3 is 0 Å². The number of benzene rings is 1. The molecule has 0 atom stereocenters. The Hall–Kier alpha value is -1.06. The second kappa shape index (κ2) is 7.30. The molecule has 0 radical (unpaired) electrons. The molecule has 1 rings (SSSR count). The lowest BCUT2D eigenvalue weighted by Gasteiger charge is -2.30. The third kappa shape index (κ3) is 3.72. The fraction of sp³-hybridized carbons (Fsp3) is 0.571. The van der Waals surface area contributed by atoms with E-state index < -0.39 is 5.79 Å². The van der Waals surface area contributed by atoms with Gasteiger partial charge in [-0.3, -0.25) is 0 Å². The number of hydrogen-bond donors (Lipinski definition) is 0. The van der Waals surface area contributed by atoms with Gasteiger partial charge in [-0.2, -0.15) is 0 Å². The maximum atomic E-state index is 5.41. The Kier molecular flexibility index (Phi) is 6.85. The summed E-state index contributed by atoms with van der Waals surface area (Å²) in [4.78, 5) is 2.05. The highest BCUT2D eigenvalue weighted by Crippen LogP contribution is 2.32. The average molecular weight is 239 g/mol. The normalized spacial score (nSPS) is 10.5. The van der Waals surface area contributed by atoms with Crippen molar-refractivity contribution in [1.82, 2.24) is 0 Å². The van der Waals surface area contributed by atoms with Crippen LogP contribution in [0.1, 0.15) is 26.3 Å². The van der Waals surface area contributed by atoms with Crippen LogP contribution in [0.3, 0.4) is 0 Å². The number of hydrogen-bond acceptors (Lipinski definition) is 3. The van der Waals surface area contributed by atoms with E-state index >= 15 is 0 Å². The standard InChI is InChI=1S/C12H19NO2.C2H6/c1-12(14-4,15-5)10-8-6-7-9-11(10)13(2)3;1-2/h6-9H,1-5H3;1-2H3. The summed E-state index contributed by atoms with van der Waals surface area (Å²) in [6, 6.07) is 8.05. The van der Waals surface area contributed by atoms with Gasteiger partial charge in [-0.15, -0.1) is 0 Å². The van der Waals surface area contributed by atoms with Gasteiger partial charge in [0.15, 0.2) is 5.79 Å². The van der Waals surface area contributed by atoms with Crippen LogP contribution >= 0.6 is 0 Å². The summed E-state index contributed by atoms with van der Waals surface area (Å²) in [7, 11) is 7.31. The van der Waals surface area contributed by atoms with Gasteiger partial charge in [0.05, 0.1) is 0 Å². The molecule has 0 aliphatic carbocycles. The smallest absolute Gasteiger partial charge is 0.193 e. The third-order valence-electron chi connectivity index (χ3n) is 2.65. The number of para-hydroxylation sites is 1. The van der Waals surface area contributed by atoms with Crippen LogP contribution in [0.15, 0.2) is 24.3 Å². The lowest BCUT2D eigenvalue weighted by Crippen LogP contribution is -2.29. The van der Waals surface area contributed by atoms with E-state index in [1.807, 2.05) is 64.0 Å². The molecule has 98 valence electrons. The van der Waals surface area contributed by atoms with Gasteiger partial charge in [0.2, 0.25) is 0 Å². The maximum Gasteiger partial charge on any atom is 0.193 e. The van der Waals surface area contributed by atoms with E-state index in [9.17, 15) is 0 Å². The molecule has 0 saturated heterocycles. The van der Waals surface area contributed by atoms with Crippen LogP contribution in [0.4, 0.5) is 5.69 Å². The predicted octanol–water partition coefficient (Wildman–Crippen LogP) is 3.24. The zero-order valence-corrected chi connectivity index (χ0v) is 12.1. The molecule has 0 bridgehead atoms. The van der Waals surface area contributed by atoms with Crippen molar-refractivity contribution in [2.45, 2.75) is 26.6 Å². The summed E-state index contributed by atoms with van der Waals surface area (Å²) in [5, 5.41) is 0. The van der Waals surface area contributed by atoms with Crippen LogP contribution < -0.4 is 4.90 Å². The zero-order chi connectivity index (χ0) is 13.5. The van der Waals surface area contributed by atoms with Crippen LogP contribution in [0.2, 0.25) is 0 Å². The Morgan fingerprint density at radius 1 is 1.00 bits per heavy atom. The van der Waals surface area contributed by atoms with Gasteiger partial charge in [0, 0.05) is 39.6 Å². The van der Waals surface area contributed by atoms with E-state index in [1.165, 1.54) is 0 Å². The number of rotatable bonds is 4. The molecule has 1 aromatic rings. The molecular formula is C14H25NO2. The van der Waals surface area contributed by atoms with E-state index in [0.29, 0.717) is 0 Å². The minimum Gasteiger partial charge on any atom is -0.377 e. The molecule has 0 spiro atoms. The van der Waals surface area contributed by atoms with Crippen molar-refractivity contribution in [3.8, 4) is 0 Å². The Morgan fingerprint density at radius 2 is 1.47 bits per heavy atom. The second-order valence-electron chi connectivity index (χ2n) is 3.77. The van der Waals surface area contributed by atoms with Crippen molar-refractivity contribution in [3.63, 3.8) is 0 Å². The van der Waals surface area contributed by atoms with Gasteiger partial charge in [-0.1, -0.05) is 32.0 Å². The highest BCUT2D eigenvalue weighted by Gasteiger charge is 2.28. The Labute approximate surface area is 105 Å². The SMILES string of the molecule is CC.COC(C)(OC)c1ccccc1N(C)C. The van der Waals surface area contributed by atoms with Crippen LogP contribution in [-0.2, 0) is 15.3 Å². The monoisotopic (exact) mass is 239 g/mol. The molecule has 0 unspecified atom stereocenters. The van der Waals surface area contributed by atoms with E-state index in [0.717, 1.165) is 11.3 Å². The predicted molar refractivity (Wildman–Crippen MR) is 73.5 cm³/mol. The highest BCUT2D eigenvalue weighted by atomic mass is 16.7. The van der Waals surface area contributed by atoms with Gasteiger partial charge < -0.3 is 14.4 Å². The molecule has 0 heterocycles. The zero-order valence-electron chi connectivity index (χ0n) is 12.1. The lowest BCUT2D eigenvalue weighted by atomic mass is 10.0. The first-order chi connectivity index (χ1) is 8.05. The van der Waals surface area contributed by atoms with Gasteiger partial charge in [-0.05, 0) is 13.0 Å². The molecule has 0 amide bonds. The summed E-state index contributed by atoms with van der Waals surface area (Å²) < 4.78 is 10.8. The molecule has 0 aromatic heterocycles. The summed E-state index contributed by atoms with van der Waals surface area (Å²) in [5.41, 5.74) is 2.13. The van der Waals surface area contributed by atoms with Crippen molar-refractivity contribution >= 4 is 5.69 Å². The molecule has 17 heavy (non-hydrogen) atoms. The van der Waals surface area contributed by atoms with E-state index in [1.54, 1.807) is 14.2 Å². The second-order valence-corrected chi connectivity index (χ2v) is 3.77. The topological polar surface area (TPSA) is 21.7 Å². The minimum atomic E-state index is -0.694. The van der Waals surface area contributed by atoms with E-state index in [-0.39, 0.29) is 0 Å². The first-order valence-corrected chi connectivity index (χ1v) is 5.92. The van der Waals surface area contributed by atoms with Gasteiger partial charge in [0.25, 0.3) is 0 Å². The number of nitrogens with zero attached hydrogens (tertiary/aromatic N) is 1. The number of anilines is 1. The van der Waals surface area contributed by atoms with E-state index in [4.69, 9.17) is 9.47 Å². The van der Waals surface area contributed by atoms with Crippen LogP contribution in [-0.4, -0.2) is 28.3 Å². The maximum absolute atomic E-state index is 5.41. The summed E-state index contributed by atoms with van der Waals surface area (Å²) in [6.07, 6.45) is 0. The fourth-order valence-electron chi connectivity index (χ4n) is 1.55. The Morgan fingerprint density at radius 3 is 1.88 bits per heavy atom. The van der Waals surface area contributed by atoms with E-state index in [2.05, 4.69) is 0 Å². The quantitative estimate of drug-likeness (QED) is 0.753. The fourth-order valence-corrected chi connectivity index (χ4v) is 1.55. The van der Waals surface area contributed by atoms with Crippen molar-refractivity contribution in [2.75, 3.05) is 33.2 Å². The van der Waals surface area contributed by atoms with Crippen LogP contribution in [0.5, 0.6) is 0 Å².